The number of hydrogen-bond acceptors (Lipinski definition) is 3. The zero-order valence-corrected chi connectivity index (χ0v) is 10.5. The van der Waals surface area contributed by atoms with Crippen molar-refractivity contribution in [1.29, 1.82) is 0 Å². The molecule has 1 fully saturated rings. The SMILES string of the molecule is CCCN(CC1CCCCN1)S(C)(=O)=O. The van der Waals surface area contributed by atoms with Crippen molar-refractivity contribution in [3.05, 3.63) is 0 Å². The Kier molecular flexibility index (Phi) is 5.02. The highest BCUT2D eigenvalue weighted by atomic mass is 32.2. The van der Waals surface area contributed by atoms with Crippen LogP contribution in [0.4, 0.5) is 0 Å². The van der Waals surface area contributed by atoms with Gasteiger partial charge in [0.25, 0.3) is 0 Å². The Morgan fingerprint density at radius 1 is 1.40 bits per heavy atom. The van der Waals surface area contributed by atoms with E-state index in [-0.39, 0.29) is 0 Å². The van der Waals surface area contributed by atoms with E-state index >= 15 is 0 Å². The van der Waals surface area contributed by atoms with Crippen molar-refractivity contribution < 1.29 is 8.42 Å². The Labute approximate surface area is 93.1 Å². The molecular weight excluding hydrogens is 212 g/mol. The molecule has 1 atom stereocenters. The molecule has 1 saturated heterocycles. The summed E-state index contributed by atoms with van der Waals surface area (Å²) in [6, 6.07) is 0.347. The van der Waals surface area contributed by atoms with E-state index in [0.717, 1.165) is 19.4 Å². The van der Waals surface area contributed by atoms with Crippen molar-refractivity contribution in [3.8, 4) is 0 Å². The number of piperidine rings is 1. The van der Waals surface area contributed by atoms with Gasteiger partial charge in [-0.1, -0.05) is 13.3 Å². The van der Waals surface area contributed by atoms with Gasteiger partial charge < -0.3 is 5.32 Å². The van der Waals surface area contributed by atoms with Crippen molar-refractivity contribution in [1.82, 2.24) is 9.62 Å². The monoisotopic (exact) mass is 234 g/mol. The summed E-state index contributed by atoms with van der Waals surface area (Å²) in [5, 5.41) is 3.37. The number of nitrogens with one attached hydrogen (secondary N) is 1. The second kappa shape index (κ2) is 5.82. The van der Waals surface area contributed by atoms with Gasteiger partial charge in [0.15, 0.2) is 0 Å². The van der Waals surface area contributed by atoms with Gasteiger partial charge in [-0.15, -0.1) is 0 Å². The van der Waals surface area contributed by atoms with Crippen LogP contribution in [0.5, 0.6) is 0 Å². The molecule has 0 aromatic rings. The van der Waals surface area contributed by atoms with Crippen LogP contribution in [0.3, 0.4) is 0 Å². The molecule has 90 valence electrons. The zero-order valence-electron chi connectivity index (χ0n) is 9.70. The van der Waals surface area contributed by atoms with Crippen LogP contribution >= 0.6 is 0 Å². The van der Waals surface area contributed by atoms with Gasteiger partial charge in [0.05, 0.1) is 6.26 Å². The fourth-order valence-corrected chi connectivity index (χ4v) is 2.93. The van der Waals surface area contributed by atoms with Gasteiger partial charge in [-0.05, 0) is 25.8 Å². The van der Waals surface area contributed by atoms with Gasteiger partial charge in [0, 0.05) is 19.1 Å². The van der Waals surface area contributed by atoms with E-state index in [1.807, 2.05) is 6.92 Å². The van der Waals surface area contributed by atoms with E-state index in [2.05, 4.69) is 5.32 Å². The summed E-state index contributed by atoms with van der Waals surface area (Å²) >= 11 is 0. The first kappa shape index (κ1) is 12.9. The summed E-state index contributed by atoms with van der Waals surface area (Å²) < 4.78 is 24.6. The molecular formula is C10H22N2O2S. The first-order chi connectivity index (χ1) is 7.04. The lowest BCUT2D eigenvalue weighted by Gasteiger charge is -2.28. The molecule has 0 saturated carbocycles. The van der Waals surface area contributed by atoms with Gasteiger partial charge in [0.2, 0.25) is 10.0 Å². The van der Waals surface area contributed by atoms with Gasteiger partial charge in [0.1, 0.15) is 0 Å². The van der Waals surface area contributed by atoms with Crippen molar-refractivity contribution in [2.75, 3.05) is 25.9 Å². The quantitative estimate of drug-likeness (QED) is 0.765. The van der Waals surface area contributed by atoms with E-state index < -0.39 is 10.0 Å². The average Bonchev–Trinajstić information content (AvgIpc) is 2.17. The van der Waals surface area contributed by atoms with Gasteiger partial charge in [-0.2, -0.15) is 0 Å². The fourth-order valence-electron chi connectivity index (χ4n) is 1.97. The Bertz CT molecular complexity index is 271. The molecule has 15 heavy (non-hydrogen) atoms. The molecule has 0 aliphatic carbocycles. The van der Waals surface area contributed by atoms with Crippen LogP contribution in [-0.4, -0.2) is 44.7 Å². The molecule has 0 spiro atoms. The number of nitrogens with zero attached hydrogens (tertiary/aromatic N) is 1. The molecule has 0 aromatic carbocycles. The molecule has 1 aliphatic rings. The molecule has 1 aliphatic heterocycles. The summed E-state index contributed by atoms with van der Waals surface area (Å²) in [5.41, 5.74) is 0. The van der Waals surface area contributed by atoms with Gasteiger partial charge in [-0.25, -0.2) is 12.7 Å². The van der Waals surface area contributed by atoms with Gasteiger partial charge in [-0.3, -0.25) is 0 Å². The lowest BCUT2D eigenvalue weighted by atomic mass is 10.1. The lowest BCUT2D eigenvalue weighted by molar-refractivity contribution is 0.314. The largest absolute Gasteiger partial charge is 0.313 e. The summed E-state index contributed by atoms with van der Waals surface area (Å²) in [6.07, 6.45) is 5.69. The highest BCUT2D eigenvalue weighted by Gasteiger charge is 2.21. The normalized spacial score (nSPS) is 23.3. The van der Waals surface area contributed by atoms with E-state index in [4.69, 9.17) is 0 Å². The van der Waals surface area contributed by atoms with Crippen LogP contribution in [0, 0.1) is 0 Å². The minimum absolute atomic E-state index is 0.347. The third kappa shape index (κ3) is 4.49. The molecule has 1 N–H and O–H groups in total. The summed E-state index contributed by atoms with van der Waals surface area (Å²) in [6.45, 7) is 4.30. The second-order valence-corrected chi connectivity index (χ2v) is 6.25. The first-order valence-electron chi connectivity index (χ1n) is 5.72. The highest BCUT2D eigenvalue weighted by Crippen LogP contribution is 2.10. The predicted octanol–water partition coefficient (Wildman–Crippen LogP) is 0.800. The van der Waals surface area contributed by atoms with E-state index in [9.17, 15) is 8.42 Å². The van der Waals surface area contributed by atoms with E-state index in [1.54, 1.807) is 4.31 Å². The maximum absolute atomic E-state index is 11.5. The topological polar surface area (TPSA) is 49.4 Å². The number of sulfonamides is 1. The molecule has 5 heteroatoms. The Hall–Kier alpha value is -0.130. The third-order valence-electron chi connectivity index (χ3n) is 2.78. The fraction of sp³-hybridized carbons (Fsp3) is 1.00. The van der Waals surface area contributed by atoms with Crippen molar-refractivity contribution in [3.63, 3.8) is 0 Å². The smallest absolute Gasteiger partial charge is 0.211 e. The van der Waals surface area contributed by atoms with E-state index in [1.165, 1.54) is 19.1 Å². The minimum atomic E-state index is -3.03. The van der Waals surface area contributed by atoms with Crippen LogP contribution < -0.4 is 5.32 Å². The Balaban J connectivity index is 2.50. The lowest BCUT2D eigenvalue weighted by Crippen LogP contribution is -2.45. The zero-order chi connectivity index (χ0) is 11.3. The van der Waals surface area contributed by atoms with E-state index in [0.29, 0.717) is 19.1 Å². The third-order valence-corrected chi connectivity index (χ3v) is 4.05. The number of rotatable bonds is 5. The average molecular weight is 234 g/mol. The van der Waals surface area contributed by atoms with Crippen LogP contribution in [0.1, 0.15) is 32.6 Å². The van der Waals surface area contributed by atoms with Crippen LogP contribution in [-0.2, 0) is 10.0 Å². The highest BCUT2D eigenvalue weighted by molar-refractivity contribution is 7.88. The summed E-state index contributed by atoms with van der Waals surface area (Å²) in [7, 11) is -3.03. The van der Waals surface area contributed by atoms with Crippen LogP contribution in [0.25, 0.3) is 0 Å². The molecule has 1 unspecified atom stereocenters. The van der Waals surface area contributed by atoms with Crippen molar-refractivity contribution in [2.45, 2.75) is 38.6 Å². The standard InChI is InChI=1S/C10H22N2O2S/c1-3-8-12(15(2,13)14)9-10-6-4-5-7-11-10/h10-11H,3-9H2,1-2H3. The molecule has 1 heterocycles. The number of hydrogen-bond donors (Lipinski definition) is 1. The molecule has 0 bridgehead atoms. The predicted molar refractivity (Wildman–Crippen MR) is 62.3 cm³/mol. The molecule has 0 aromatic heterocycles. The molecule has 0 amide bonds. The van der Waals surface area contributed by atoms with Crippen molar-refractivity contribution in [2.24, 2.45) is 0 Å². The molecule has 1 rings (SSSR count). The molecule has 0 radical (unpaired) electrons. The second-order valence-electron chi connectivity index (χ2n) is 4.27. The first-order valence-corrected chi connectivity index (χ1v) is 7.57. The maximum atomic E-state index is 11.5. The summed E-state index contributed by atoms with van der Waals surface area (Å²) in [4.78, 5) is 0. The minimum Gasteiger partial charge on any atom is -0.313 e. The molecule has 4 nitrogen and oxygen atoms in total. The van der Waals surface area contributed by atoms with Crippen LogP contribution in [0.2, 0.25) is 0 Å². The summed E-state index contributed by atoms with van der Waals surface area (Å²) in [5.74, 6) is 0. The van der Waals surface area contributed by atoms with Crippen molar-refractivity contribution >= 4 is 10.0 Å². The maximum Gasteiger partial charge on any atom is 0.211 e. The Morgan fingerprint density at radius 2 is 2.13 bits per heavy atom. The van der Waals surface area contributed by atoms with Crippen LogP contribution in [0.15, 0.2) is 0 Å². The van der Waals surface area contributed by atoms with Gasteiger partial charge >= 0.3 is 0 Å². The Morgan fingerprint density at radius 3 is 2.60 bits per heavy atom.